The summed E-state index contributed by atoms with van der Waals surface area (Å²) < 4.78 is 5.35. The van der Waals surface area contributed by atoms with Crippen LogP contribution in [0.15, 0.2) is 29.8 Å². The lowest BCUT2D eigenvalue weighted by Gasteiger charge is -2.20. The zero-order valence-electron chi connectivity index (χ0n) is 7.98. The van der Waals surface area contributed by atoms with E-state index in [-0.39, 0.29) is 5.69 Å². The van der Waals surface area contributed by atoms with Gasteiger partial charge < -0.3 is 15.8 Å². The van der Waals surface area contributed by atoms with Crippen molar-refractivity contribution in [1.29, 1.82) is 0 Å². The van der Waals surface area contributed by atoms with Crippen molar-refractivity contribution in [3.63, 3.8) is 0 Å². The third-order valence-electron chi connectivity index (χ3n) is 2.09. The molecular weight excluding hydrogens is 198 g/mol. The number of rotatable bonds is 1. The molecule has 6 heteroatoms. The van der Waals surface area contributed by atoms with Crippen molar-refractivity contribution in [2.45, 2.75) is 6.92 Å². The fraction of sp³-hybridized carbons (Fsp3) is 0.111. The standard InChI is InChI=1S/C9H9N3O3/c1-5-9(10)11-7-4-6(12(13)14)2-3-8(7)15-5/h2-4,11H,10H2,1H3. The first-order valence-electron chi connectivity index (χ1n) is 4.27. The number of nitrogens with two attached hydrogens (primary N) is 1. The third kappa shape index (κ3) is 1.56. The van der Waals surface area contributed by atoms with E-state index < -0.39 is 4.92 Å². The molecule has 0 radical (unpaired) electrons. The molecule has 0 saturated heterocycles. The molecule has 0 amide bonds. The number of hydrogen-bond acceptors (Lipinski definition) is 5. The van der Waals surface area contributed by atoms with Gasteiger partial charge in [0.2, 0.25) is 0 Å². The van der Waals surface area contributed by atoms with Crippen LogP contribution < -0.4 is 15.8 Å². The van der Waals surface area contributed by atoms with Crippen LogP contribution in [-0.4, -0.2) is 4.92 Å². The largest absolute Gasteiger partial charge is 0.456 e. The summed E-state index contributed by atoms with van der Waals surface area (Å²) in [4.78, 5) is 10.1. The van der Waals surface area contributed by atoms with Crippen LogP contribution in [0.1, 0.15) is 6.92 Å². The SMILES string of the molecule is CC1=C(N)Nc2cc([N+](=O)[O-])ccc2O1. The molecule has 0 unspecified atom stereocenters. The second-order valence-corrected chi connectivity index (χ2v) is 3.13. The summed E-state index contributed by atoms with van der Waals surface area (Å²) in [5.74, 6) is 1.45. The average Bonchev–Trinajstić information content (AvgIpc) is 2.19. The number of benzene rings is 1. The van der Waals surface area contributed by atoms with Gasteiger partial charge in [0.1, 0.15) is 11.6 Å². The molecule has 0 atom stereocenters. The van der Waals surface area contributed by atoms with Gasteiger partial charge in [0.05, 0.1) is 10.6 Å². The van der Waals surface area contributed by atoms with E-state index in [9.17, 15) is 10.1 Å². The first-order valence-corrected chi connectivity index (χ1v) is 4.27. The fourth-order valence-electron chi connectivity index (χ4n) is 1.27. The Bertz CT molecular complexity index is 468. The molecule has 15 heavy (non-hydrogen) atoms. The smallest absolute Gasteiger partial charge is 0.271 e. The summed E-state index contributed by atoms with van der Waals surface area (Å²) in [6.07, 6.45) is 0. The summed E-state index contributed by atoms with van der Waals surface area (Å²) in [7, 11) is 0. The normalized spacial score (nSPS) is 13.9. The zero-order valence-corrected chi connectivity index (χ0v) is 7.98. The molecule has 6 nitrogen and oxygen atoms in total. The fourth-order valence-corrected chi connectivity index (χ4v) is 1.27. The summed E-state index contributed by atoms with van der Waals surface area (Å²) in [6.45, 7) is 1.71. The molecule has 1 heterocycles. The number of nitro benzene ring substituents is 1. The quantitative estimate of drug-likeness (QED) is 0.538. The van der Waals surface area contributed by atoms with Crippen molar-refractivity contribution < 1.29 is 9.66 Å². The van der Waals surface area contributed by atoms with Crippen molar-refractivity contribution in [2.24, 2.45) is 5.73 Å². The predicted octanol–water partition coefficient (Wildman–Crippen LogP) is 1.55. The topological polar surface area (TPSA) is 90.4 Å². The minimum Gasteiger partial charge on any atom is -0.456 e. The Labute approximate surface area is 85.5 Å². The molecule has 0 spiro atoms. The lowest BCUT2D eigenvalue weighted by molar-refractivity contribution is -0.384. The van der Waals surface area contributed by atoms with Crippen molar-refractivity contribution in [3.8, 4) is 5.75 Å². The van der Waals surface area contributed by atoms with Gasteiger partial charge in [0.15, 0.2) is 5.75 Å². The van der Waals surface area contributed by atoms with Crippen LogP contribution in [0, 0.1) is 10.1 Å². The summed E-state index contributed by atoms with van der Waals surface area (Å²) in [6, 6.07) is 4.31. The highest BCUT2D eigenvalue weighted by Gasteiger charge is 2.17. The number of nitrogens with one attached hydrogen (secondary N) is 1. The molecule has 1 aromatic rings. The van der Waals surface area contributed by atoms with Crippen LogP contribution in [0.25, 0.3) is 0 Å². The van der Waals surface area contributed by atoms with E-state index in [0.29, 0.717) is 23.0 Å². The maximum Gasteiger partial charge on any atom is 0.271 e. The Hall–Kier alpha value is -2.24. The van der Waals surface area contributed by atoms with Gasteiger partial charge in [-0.2, -0.15) is 0 Å². The first kappa shape index (κ1) is 9.32. The van der Waals surface area contributed by atoms with Crippen molar-refractivity contribution in [1.82, 2.24) is 0 Å². The van der Waals surface area contributed by atoms with Gasteiger partial charge in [0.25, 0.3) is 5.69 Å². The van der Waals surface area contributed by atoms with Gasteiger partial charge in [-0.25, -0.2) is 0 Å². The average molecular weight is 207 g/mol. The molecular formula is C9H9N3O3. The predicted molar refractivity (Wildman–Crippen MR) is 54.2 cm³/mol. The lowest BCUT2D eigenvalue weighted by Crippen LogP contribution is -2.19. The van der Waals surface area contributed by atoms with Crippen molar-refractivity contribution in [2.75, 3.05) is 5.32 Å². The molecule has 1 aromatic carbocycles. The van der Waals surface area contributed by atoms with E-state index in [1.165, 1.54) is 18.2 Å². The zero-order chi connectivity index (χ0) is 11.0. The van der Waals surface area contributed by atoms with Gasteiger partial charge >= 0.3 is 0 Å². The van der Waals surface area contributed by atoms with Crippen LogP contribution in [-0.2, 0) is 0 Å². The number of fused-ring (bicyclic) bond motifs is 1. The van der Waals surface area contributed by atoms with Gasteiger partial charge in [-0.3, -0.25) is 10.1 Å². The molecule has 0 bridgehead atoms. The highest BCUT2D eigenvalue weighted by atomic mass is 16.6. The minimum atomic E-state index is -0.469. The second-order valence-electron chi connectivity index (χ2n) is 3.13. The summed E-state index contributed by atoms with van der Waals surface area (Å²) in [5.41, 5.74) is 6.10. The molecule has 1 aliphatic rings. The van der Waals surface area contributed by atoms with Crippen LogP contribution in [0.2, 0.25) is 0 Å². The maximum atomic E-state index is 10.5. The molecule has 0 fully saturated rings. The van der Waals surface area contributed by atoms with E-state index in [1.807, 2.05) is 0 Å². The molecule has 1 aliphatic heterocycles. The van der Waals surface area contributed by atoms with Crippen LogP contribution in [0.3, 0.4) is 0 Å². The third-order valence-corrected chi connectivity index (χ3v) is 2.09. The maximum absolute atomic E-state index is 10.5. The number of anilines is 1. The Balaban J connectivity index is 2.43. The van der Waals surface area contributed by atoms with E-state index in [0.717, 1.165) is 0 Å². The van der Waals surface area contributed by atoms with E-state index >= 15 is 0 Å². The molecule has 0 aliphatic carbocycles. The van der Waals surface area contributed by atoms with E-state index in [1.54, 1.807) is 6.92 Å². The Morgan fingerprint density at radius 1 is 1.53 bits per heavy atom. The Morgan fingerprint density at radius 3 is 2.93 bits per heavy atom. The molecule has 0 aromatic heterocycles. The Kier molecular flexibility index (Phi) is 1.96. The highest BCUT2D eigenvalue weighted by Crippen LogP contribution is 2.33. The second kappa shape index (κ2) is 3.16. The number of nitrogens with zero attached hydrogens (tertiary/aromatic N) is 1. The monoisotopic (exact) mass is 207 g/mol. The lowest BCUT2D eigenvalue weighted by atomic mass is 10.2. The van der Waals surface area contributed by atoms with Crippen molar-refractivity contribution in [3.05, 3.63) is 39.9 Å². The van der Waals surface area contributed by atoms with Crippen LogP contribution in [0.4, 0.5) is 11.4 Å². The van der Waals surface area contributed by atoms with Gasteiger partial charge in [-0.1, -0.05) is 0 Å². The molecule has 2 rings (SSSR count). The van der Waals surface area contributed by atoms with Gasteiger partial charge in [-0.15, -0.1) is 0 Å². The minimum absolute atomic E-state index is 0.00259. The molecule has 78 valence electrons. The van der Waals surface area contributed by atoms with Crippen molar-refractivity contribution >= 4 is 11.4 Å². The molecule has 3 N–H and O–H groups in total. The van der Waals surface area contributed by atoms with Gasteiger partial charge in [-0.05, 0) is 13.0 Å². The highest BCUT2D eigenvalue weighted by molar-refractivity contribution is 5.66. The number of allylic oxidation sites excluding steroid dienone is 1. The van der Waals surface area contributed by atoms with Gasteiger partial charge in [0, 0.05) is 12.1 Å². The van der Waals surface area contributed by atoms with Crippen LogP contribution in [0.5, 0.6) is 5.75 Å². The number of hydrogen-bond donors (Lipinski definition) is 2. The summed E-state index contributed by atoms with van der Waals surface area (Å²) in [5, 5.41) is 13.4. The number of nitro groups is 1. The first-order chi connectivity index (χ1) is 7.08. The van der Waals surface area contributed by atoms with E-state index in [4.69, 9.17) is 10.5 Å². The number of ether oxygens (including phenoxy) is 1. The van der Waals surface area contributed by atoms with Crippen LogP contribution >= 0.6 is 0 Å². The number of non-ortho nitro benzene ring substituents is 1. The van der Waals surface area contributed by atoms with E-state index in [2.05, 4.69) is 5.32 Å². The molecule has 0 saturated carbocycles. The summed E-state index contributed by atoms with van der Waals surface area (Å²) >= 11 is 0. The Morgan fingerprint density at radius 2 is 2.27 bits per heavy atom.